The summed E-state index contributed by atoms with van der Waals surface area (Å²) in [4.78, 5) is 0. The van der Waals surface area contributed by atoms with Crippen LogP contribution in [-0.4, -0.2) is 0 Å². The Morgan fingerprint density at radius 3 is 2.11 bits per heavy atom. The Balaban J connectivity index is 1.55. The molecule has 4 aromatic rings. The van der Waals surface area contributed by atoms with Crippen LogP contribution >= 0.6 is 11.6 Å². The summed E-state index contributed by atoms with van der Waals surface area (Å²) in [6.07, 6.45) is 6.21. The molecule has 0 radical (unpaired) electrons. The number of aryl methyl sites for hydroxylation is 1. The van der Waals surface area contributed by atoms with E-state index < -0.39 is 22.5 Å². The molecular formula is C31H20ClF3. The molecule has 0 aromatic heterocycles. The predicted octanol–water partition coefficient (Wildman–Crippen LogP) is 8.22. The summed E-state index contributed by atoms with van der Waals surface area (Å²) < 4.78 is 42.2. The van der Waals surface area contributed by atoms with Gasteiger partial charge in [0.1, 0.15) is 22.5 Å². The summed E-state index contributed by atoms with van der Waals surface area (Å²) >= 11 is 5.48. The van der Waals surface area contributed by atoms with Gasteiger partial charge < -0.3 is 0 Å². The molecule has 0 aliphatic carbocycles. The third kappa shape index (κ3) is 5.96. The molecule has 4 rings (SSSR count). The number of benzene rings is 4. The van der Waals surface area contributed by atoms with Crippen molar-refractivity contribution in [2.75, 3.05) is 0 Å². The van der Waals surface area contributed by atoms with Gasteiger partial charge in [-0.1, -0.05) is 71.7 Å². The van der Waals surface area contributed by atoms with Crippen LogP contribution in [0.2, 0.25) is 5.02 Å². The van der Waals surface area contributed by atoms with Crippen molar-refractivity contribution in [3.05, 3.63) is 129 Å². The molecule has 0 aliphatic rings. The Morgan fingerprint density at radius 2 is 1.40 bits per heavy atom. The topological polar surface area (TPSA) is 0 Å². The van der Waals surface area contributed by atoms with E-state index in [-0.39, 0.29) is 11.1 Å². The van der Waals surface area contributed by atoms with Crippen molar-refractivity contribution in [1.29, 1.82) is 0 Å². The van der Waals surface area contributed by atoms with Crippen LogP contribution in [0.4, 0.5) is 13.2 Å². The van der Waals surface area contributed by atoms with Crippen LogP contribution in [0.1, 0.15) is 41.2 Å². The Labute approximate surface area is 208 Å². The summed E-state index contributed by atoms with van der Waals surface area (Å²) in [5.41, 5.74) is 3.13. The van der Waals surface area contributed by atoms with E-state index in [9.17, 15) is 8.78 Å². The molecule has 0 bridgehead atoms. The van der Waals surface area contributed by atoms with Crippen molar-refractivity contribution >= 4 is 22.4 Å². The molecule has 0 heterocycles. The van der Waals surface area contributed by atoms with E-state index in [1.807, 2.05) is 25.1 Å². The molecule has 0 unspecified atom stereocenters. The Kier molecular flexibility index (Phi) is 7.61. The van der Waals surface area contributed by atoms with Gasteiger partial charge >= 0.3 is 0 Å². The minimum atomic E-state index is -0.913. The van der Waals surface area contributed by atoms with Crippen molar-refractivity contribution in [3.8, 4) is 23.7 Å². The normalized spacial score (nSPS) is 10.7. The van der Waals surface area contributed by atoms with Gasteiger partial charge in [0.25, 0.3) is 0 Å². The number of rotatable bonds is 3. The van der Waals surface area contributed by atoms with Gasteiger partial charge in [0, 0.05) is 22.1 Å². The van der Waals surface area contributed by atoms with E-state index in [2.05, 4.69) is 48.0 Å². The van der Waals surface area contributed by atoms with Crippen LogP contribution in [0.25, 0.3) is 10.8 Å². The Bertz CT molecular complexity index is 1520. The van der Waals surface area contributed by atoms with Gasteiger partial charge in [0.2, 0.25) is 0 Å². The van der Waals surface area contributed by atoms with Crippen molar-refractivity contribution in [1.82, 2.24) is 0 Å². The molecule has 4 heteroatoms. The van der Waals surface area contributed by atoms with Gasteiger partial charge in [-0.3, -0.25) is 0 Å². The molecule has 0 aliphatic heterocycles. The molecule has 0 nitrogen and oxygen atoms in total. The van der Waals surface area contributed by atoms with Crippen molar-refractivity contribution in [2.24, 2.45) is 0 Å². The number of halogens is 4. The van der Waals surface area contributed by atoms with Crippen LogP contribution in [0.15, 0.2) is 78.9 Å². The second-order valence-corrected chi connectivity index (χ2v) is 8.30. The van der Waals surface area contributed by atoms with Crippen LogP contribution in [0.5, 0.6) is 0 Å². The molecular weight excluding hydrogens is 465 g/mol. The molecule has 0 saturated carbocycles. The van der Waals surface area contributed by atoms with E-state index in [0.717, 1.165) is 36.1 Å². The average Bonchev–Trinajstić information content (AvgIpc) is 2.86. The third-order valence-corrected chi connectivity index (χ3v) is 5.78. The minimum absolute atomic E-state index is 0.0698. The molecule has 0 spiro atoms. The standard InChI is InChI=1S/C31H20ClF3/c1-2-3-4-5-21-6-8-22(9-7-21)10-11-23-13-17-27-26(18-23)16-15-25(31(27)35)14-12-24-19-28(33)30(32)29(34)20-24/h2-3,6-9,13,15-20H,4-5H2,1H3/b3-2+. The summed E-state index contributed by atoms with van der Waals surface area (Å²) in [6.45, 7) is 2.02. The number of fused-ring (bicyclic) bond motifs is 1. The smallest absolute Gasteiger partial charge is 0.146 e. The highest BCUT2D eigenvalue weighted by atomic mass is 35.5. The van der Waals surface area contributed by atoms with Crippen LogP contribution in [0.3, 0.4) is 0 Å². The first-order chi connectivity index (χ1) is 16.9. The molecule has 4 aromatic carbocycles. The molecule has 0 saturated heterocycles. The lowest BCUT2D eigenvalue weighted by molar-refractivity contribution is 0.583. The third-order valence-electron chi connectivity index (χ3n) is 5.42. The second-order valence-electron chi connectivity index (χ2n) is 7.92. The maximum Gasteiger partial charge on any atom is 0.146 e. The Morgan fingerprint density at radius 1 is 0.743 bits per heavy atom. The van der Waals surface area contributed by atoms with Gasteiger partial charge in [-0.05, 0) is 73.2 Å². The highest BCUT2D eigenvalue weighted by Crippen LogP contribution is 2.23. The van der Waals surface area contributed by atoms with Crippen LogP contribution in [-0.2, 0) is 6.42 Å². The molecule has 0 atom stereocenters. The van der Waals surface area contributed by atoms with E-state index in [1.54, 1.807) is 18.2 Å². The first kappa shape index (κ1) is 24.2. The lowest BCUT2D eigenvalue weighted by Crippen LogP contribution is -1.89. The summed E-state index contributed by atoms with van der Waals surface area (Å²) in [7, 11) is 0. The zero-order valence-corrected chi connectivity index (χ0v) is 19.7. The van der Waals surface area contributed by atoms with Gasteiger partial charge in [-0.2, -0.15) is 0 Å². The molecule has 0 amide bonds. The summed E-state index contributed by atoms with van der Waals surface area (Å²) in [5, 5.41) is 0.479. The van der Waals surface area contributed by atoms with Gasteiger partial charge in [-0.25, -0.2) is 13.2 Å². The molecule has 0 fully saturated rings. The van der Waals surface area contributed by atoms with Crippen LogP contribution in [0, 0.1) is 41.1 Å². The number of hydrogen-bond donors (Lipinski definition) is 0. The predicted molar refractivity (Wildman–Crippen MR) is 137 cm³/mol. The maximum atomic E-state index is 15.0. The van der Waals surface area contributed by atoms with E-state index in [0.29, 0.717) is 10.8 Å². The lowest BCUT2D eigenvalue weighted by atomic mass is 10.0. The van der Waals surface area contributed by atoms with E-state index in [1.165, 1.54) is 11.6 Å². The molecule has 0 N–H and O–H groups in total. The fraction of sp³-hybridized carbons (Fsp3) is 0.0968. The Hall–Kier alpha value is -3.92. The zero-order chi connectivity index (χ0) is 24.8. The largest absolute Gasteiger partial charge is 0.205 e. The zero-order valence-electron chi connectivity index (χ0n) is 18.9. The quantitative estimate of drug-likeness (QED) is 0.156. The van der Waals surface area contributed by atoms with Crippen LogP contribution < -0.4 is 0 Å². The van der Waals surface area contributed by atoms with Crippen molar-refractivity contribution in [3.63, 3.8) is 0 Å². The number of hydrogen-bond acceptors (Lipinski definition) is 0. The first-order valence-electron chi connectivity index (χ1n) is 11.1. The molecule has 172 valence electrons. The van der Waals surface area contributed by atoms with Gasteiger partial charge in [0.05, 0.1) is 5.56 Å². The SMILES string of the molecule is C/C=C/CCc1ccc(C#Cc2ccc3c(F)c(C#Cc4cc(F)c(Cl)c(F)c4)ccc3c2)cc1. The van der Waals surface area contributed by atoms with Gasteiger partial charge in [0.15, 0.2) is 0 Å². The average molecular weight is 485 g/mol. The van der Waals surface area contributed by atoms with Crippen molar-refractivity contribution < 1.29 is 13.2 Å². The highest BCUT2D eigenvalue weighted by Gasteiger charge is 2.09. The second kappa shape index (κ2) is 11.0. The highest BCUT2D eigenvalue weighted by molar-refractivity contribution is 6.30. The maximum absolute atomic E-state index is 15.0. The summed E-state index contributed by atoms with van der Waals surface area (Å²) in [5.74, 6) is 9.18. The van der Waals surface area contributed by atoms with E-state index in [4.69, 9.17) is 11.6 Å². The first-order valence-corrected chi connectivity index (χ1v) is 11.4. The van der Waals surface area contributed by atoms with Crippen molar-refractivity contribution in [2.45, 2.75) is 19.8 Å². The van der Waals surface area contributed by atoms with Gasteiger partial charge in [-0.15, -0.1) is 0 Å². The molecule has 35 heavy (non-hydrogen) atoms. The fourth-order valence-electron chi connectivity index (χ4n) is 3.55. The fourth-order valence-corrected chi connectivity index (χ4v) is 3.66. The summed E-state index contributed by atoms with van der Waals surface area (Å²) in [6, 6.07) is 18.7. The van der Waals surface area contributed by atoms with E-state index >= 15 is 4.39 Å². The monoisotopic (exact) mass is 484 g/mol. The number of allylic oxidation sites excluding steroid dienone is 2. The minimum Gasteiger partial charge on any atom is -0.205 e. The lowest BCUT2D eigenvalue weighted by Gasteiger charge is -2.03.